The van der Waals surface area contributed by atoms with E-state index in [0.717, 1.165) is 24.1 Å². The van der Waals surface area contributed by atoms with Crippen molar-refractivity contribution in [3.63, 3.8) is 0 Å². The molecule has 82 valence electrons. The molecule has 0 saturated heterocycles. The Labute approximate surface area is 95.4 Å². The van der Waals surface area contributed by atoms with E-state index in [2.05, 4.69) is 35.1 Å². The van der Waals surface area contributed by atoms with Gasteiger partial charge >= 0.3 is 0 Å². The first-order valence-corrected chi connectivity index (χ1v) is 5.47. The zero-order valence-corrected chi connectivity index (χ0v) is 9.35. The van der Waals surface area contributed by atoms with Gasteiger partial charge in [0.2, 0.25) is 5.95 Å². The van der Waals surface area contributed by atoms with E-state index < -0.39 is 0 Å². The summed E-state index contributed by atoms with van der Waals surface area (Å²) >= 11 is 0. The Morgan fingerprint density at radius 2 is 2.12 bits per heavy atom. The third-order valence-corrected chi connectivity index (χ3v) is 2.44. The smallest absolute Gasteiger partial charge is 0.220 e. The number of hydrogen-bond acceptors (Lipinski definition) is 3. The fraction of sp³-hybridized carbons (Fsp3) is 0.231. The molecule has 2 N–H and O–H groups in total. The van der Waals surface area contributed by atoms with Crippen LogP contribution in [0.25, 0.3) is 11.3 Å². The number of nitrogen functional groups attached to an aromatic ring is 1. The summed E-state index contributed by atoms with van der Waals surface area (Å²) in [5.74, 6) is 0.318. The fourth-order valence-electron chi connectivity index (χ4n) is 1.71. The summed E-state index contributed by atoms with van der Waals surface area (Å²) in [7, 11) is 0. The number of benzene rings is 1. The van der Waals surface area contributed by atoms with Crippen LogP contribution in [-0.4, -0.2) is 9.97 Å². The zero-order chi connectivity index (χ0) is 11.4. The van der Waals surface area contributed by atoms with Gasteiger partial charge in [-0.1, -0.05) is 31.5 Å². The lowest BCUT2D eigenvalue weighted by atomic mass is 10.0. The second-order valence-electron chi connectivity index (χ2n) is 3.75. The molecule has 1 aromatic carbocycles. The molecule has 0 fully saturated rings. The molecule has 0 aliphatic heterocycles. The number of aryl methyl sites for hydroxylation is 1. The van der Waals surface area contributed by atoms with E-state index in [-0.39, 0.29) is 0 Å². The van der Waals surface area contributed by atoms with Crippen LogP contribution in [0.1, 0.15) is 18.9 Å². The summed E-state index contributed by atoms with van der Waals surface area (Å²) in [6.07, 6.45) is 3.92. The van der Waals surface area contributed by atoms with Crippen LogP contribution >= 0.6 is 0 Å². The van der Waals surface area contributed by atoms with Gasteiger partial charge in [0.25, 0.3) is 0 Å². The molecule has 3 nitrogen and oxygen atoms in total. The lowest BCUT2D eigenvalue weighted by Gasteiger charge is -2.04. The Balaban J connectivity index is 2.36. The van der Waals surface area contributed by atoms with Gasteiger partial charge in [-0.2, -0.15) is 0 Å². The maximum atomic E-state index is 5.57. The number of nitrogens with two attached hydrogens (primary N) is 1. The molecule has 0 saturated carbocycles. The molecule has 0 bridgehead atoms. The summed E-state index contributed by atoms with van der Waals surface area (Å²) in [5, 5.41) is 0. The number of nitrogens with zero attached hydrogens (tertiary/aromatic N) is 2. The van der Waals surface area contributed by atoms with Crippen molar-refractivity contribution in [2.75, 3.05) is 5.73 Å². The number of rotatable bonds is 3. The van der Waals surface area contributed by atoms with Crippen LogP contribution in [0.5, 0.6) is 0 Å². The Hall–Kier alpha value is -1.90. The van der Waals surface area contributed by atoms with Crippen molar-refractivity contribution in [1.29, 1.82) is 0 Å². The number of aromatic nitrogens is 2. The summed E-state index contributed by atoms with van der Waals surface area (Å²) in [6.45, 7) is 2.18. The molecule has 0 spiro atoms. The summed E-state index contributed by atoms with van der Waals surface area (Å²) in [6, 6.07) is 10.3. The highest BCUT2D eigenvalue weighted by Crippen LogP contribution is 2.19. The van der Waals surface area contributed by atoms with E-state index in [9.17, 15) is 0 Å². The van der Waals surface area contributed by atoms with Crippen molar-refractivity contribution in [3.05, 3.63) is 42.1 Å². The van der Waals surface area contributed by atoms with Crippen molar-refractivity contribution in [1.82, 2.24) is 9.97 Å². The molecule has 0 atom stereocenters. The zero-order valence-electron chi connectivity index (χ0n) is 9.35. The van der Waals surface area contributed by atoms with Gasteiger partial charge in [-0.25, -0.2) is 9.97 Å². The predicted molar refractivity (Wildman–Crippen MR) is 65.9 cm³/mol. The lowest BCUT2D eigenvalue weighted by molar-refractivity contribution is 0.922. The second kappa shape index (κ2) is 4.75. The summed E-state index contributed by atoms with van der Waals surface area (Å²) in [5.41, 5.74) is 8.88. The lowest BCUT2D eigenvalue weighted by Crippen LogP contribution is -1.95. The monoisotopic (exact) mass is 213 g/mol. The second-order valence-corrected chi connectivity index (χ2v) is 3.75. The van der Waals surface area contributed by atoms with Crippen molar-refractivity contribution < 1.29 is 0 Å². The highest BCUT2D eigenvalue weighted by molar-refractivity contribution is 5.60. The van der Waals surface area contributed by atoms with Gasteiger partial charge in [0, 0.05) is 11.8 Å². The third-order valence-electron chi connectivity index (χ3n) is 2.44. The minimum atomic E-state index is 0.318. The Bertz CT molecular complexity index is 480. The van der Waals surface area contributed by atoms with Gasteiger partial charge < -0.3 is 5.73 Å². The highest BCUT2D eigenvalue weighted by atomic mass is 15.0. The maximum absolute atomic E-state index is 5.57. The Morgan fingerprint density at radius 3 is 2.88 bits per heavy atom. The van der Waals surface area contributed by atoms with Crippen LogP contribution < -0.4 is 5.73 Å². The topological polar surface area (TPSA) is 51.8 Å². The van der Waals surface area contributed by atoms with Crippen LogP contribution in [0, 0.1) is 0 Å². The Morgan fingerprint density at radius 1 is 1.25 bits per heavy atom. The van der Waals surface area contributed by atoms with Crippen LogP contribution in [0.15, 0.2) is 36.5 Å². The Kier molecular flexibility index (Phi) is 3.15. The van der Waals surface area contributed by atoms with Crippen molar-refractivity contribution >= 4 is 5.95 Å². The molecule has 16 heavy (non-hydrogen) atoms. The van der Waals surface area contributed by atoms with Crippen LogP contribution in [0.3, 0.4) is 0 Å². The van der Waals surface area contributed by atoms with Crippen molar-refractivity contribution in [2.45, 2.75) is 19.8 Å². The summed E-state index contributed by atoms with van der Waals surface area (Å²) in [4.78, 5) is 8.10. The van der Waals surface area contributed by atoms with Crippen molar-refractivity contribution in [3.8, 4) is 11.3 Å². The third kappa shape index (κ3) is 2.37. The van der Waals surface area contributed by atoms with Gasteiger partial charge in [0.15, 0.2) is 0 Å². The molecular weight excluding hydrogens is 198 g/mol. The van der Waals surface area contributed by atoms with E-state index in [0.29, 0.717) is 5.95 Å². The van der Waals surface area contributed by atoms with Gasteiger partial charge in [-0.3, -0.25) is 0 Å². The van der Waals surface area contributed by atoms with Gasteiger partial charge in [0.05, 0.1) is 5.69 Å². The molecule has 0 unspecified atom stereocenters. The largest absolute Gasteiger partial charge is 0.368 e. The van der Waals surface area contributed by atoms with Crippen LogP contribution in [0.4, 0.5) is 5.95 Å². The van der Waals surface area contributed by atoms with Crippen LogP contribution in [-0.2, 0) is 6.42 Å². The van der Waals surface area contributed by atoms with E-state index in [1.165, 1.54) is 5.56 Å². The SMILES string of the molecule is CCCc1cccc(-c2ccnc(N)n2)c1. The van der Waals surface area contributed by atoms with E-state index in [4.69, 9.17) is 5.73 Å². The average molecular weight is 213 g/mol. The van der Waals surface area contributed by atoms with E-state index in [1.807, 2.05) is 12.1 Å². The molecule has 2 aromatic rings. The minimum absolute atomic E-state index is 0.318. The number of hydrogen-bond donors (Lipinski definition) is 1. The first-order chi connectivity index (χ1) is 7.79. The molecule has 0 aliphatic rings. The number of anilines is 1. The van der Waals surface area contributed by atoms with Crippen molar-refractivity contribution in [2.24, 2.45) is 0 Å². The first-order valence-electron chi connectivity index (χ1n) is 5.47. The van der Waals surface area contributed by atoms with E-state index in [1.54, 1.807) is 6.20 Å². The van der Waals surface area contributed by atoms with Gasteiger partial charge in [-0.05, 0) is 24.1 Å². The maximum Gasteiger partial charge on any atom is 0.220 e. The highest BCUT2D eigenvalue weighted by Gasteiger charge is 2.01. The average Bonchev–Trinajstić information content (AvgIpc) is 2.30. The molecule has 1 aromatic heterocycles. The normalized spacial score (nSPS) is 10.3. The van der Waals surface area contributed by atoms with Crippen LogP contribution in [0.2, 0.25) is 0 Å². The van der Waals surface area contributed by atoms with Gasteiger partial charge in [0.1, 0.15) is 0 Å². The molecular formula is C13H15N3. The molecule has 0 radical (unpaired) electrons. The quantitative estimate of drug-likeness (QED) is 0.852. The molecule has 1 heterocycles. The van der Waals surface area contributed by atoms with Gasteiger partial charge in [-0.15, -0.1) is 0 Å². The fourth-order valence-corrected chi connectivity index (χ4v) is 1.71. The van der Waals surface area contributed by atoms with E-state index >= 15 is 0 Å². The predicted octanol–water partition coefficient (Wildman–Crippen LogP) is 2.68. The first kappa shape index (κ1) is 10.6. The molecule has 3 heteroatoms. The molecule has 2 rings (SSSR count). The minimum Gasteiger partial charge on any atom is -0.368 e. The molecule has 0 aliphatic carbocycles. The molecule has 0 amide bonds. The summed E-state index contributed by atoms with van der Waals surface area (Å²) < 4.78 is 0. The standard InChI is InChI=1S/C13H15N3/c1-2-4-10-5-3-6-11(9-10)12-7-8-15-13(14)16-12/h3,5-9H,2,4H2,1H3,(H2,14,15,16).